The summed E-state index contributed by atoms with van der Waals surface area (Å²) >= 11 is 0. The summed E-state index contributed by atoms with van der Waals surface area (Å²) in [5.74, 6) is -1.77. The molecule has 0 amide bonds. The maximum Gasteiger partial charge on any atom is 0.223 e. The van der Waals surface area contributed by atoms with Crippen LogP contribution in [0.2, 0.25) is 0 Å². The number of allylic oxidation sites excluding steroid dienone is 2. The third kappa shape index (κ3) is 3.31. The lowest BCUT2D eigenvalue weighted by atomic mass is 10.2. The van der Waals surface area contributed by atoms with Crippen molar-refractivity contribution >= 4 is 5.78 Å². The van der Waals surface area contributed by atoms with Gasteiger partial charge in [-0.3, -0.25) is 9.59 Å². The minimum Gasteiger partial charge on any atom is -0.505 e. The molecule has 0 radical (unpaired) electrons. The standard InChI is InChI=1S/C13H14FNO4/c1-8(16)11(17)5-3-4-10-13(19)12(18)6-9(7-14)15(10)2/h3,5-6,16,19H,1,4,7H2,2H3. The van der Waals surface area contributed by atoms with Crippen LogP contribution in [-0.2, 0) is 24.9 Å². The molecule has 2 N–H and O–H groups in total. The zero-order valence-corrected chi connectivity index (χ0v) is 10.4. The van der Waals surface area contributed by atoms with Gasteiger partial charge in [0.25, 0.3) is 0 Å². The van der Waals surface area contributed by atoms with Crippen molar-refractivity contribution in [3.63, 3.8) is 0 Å². The molecule has 5 nitrogen and oxygen atoms in total. The molecule has 0 bridgehead atoms. The van der Waals surface area contributed by atoms with E-state index < -0.39 is 29.4 Å². The Balaban J connectivity index is 3.08. The SMILES string of the molecule is C=C(O)C(=O)C=CCc1c(O)c(=O)cc(CF)n1C. The number of carbonyl (C=O) groups excluding carboxylic acids is 1. The molecule has 0 saturated heterocycles. The van der Waals surface area contributed by atoms with Gasteiger partial charge in [0, 0.05) is 19.5 Å². The number of hydrogen-bond donors (Lipinski definition) is 2. The summed E-state index contributed by atoms with van der Waals surface area (Å²) in [5.41, 5.74) is -0.358. The Morgan fingerprint density at radius 3 is 2.74 bits per heavy atom. The number of halogens is 1. The maximum absolute atomic E-state index is 12.7. The Kier molecular flexibility index (Phi) is 4.63. The fourth-order valence-corrected chi connectivity index (χ4v) is 1.53. The number of aromatic hydroxyl groups is 1. The summed E-state index contributed by atoms with van der Waals surface area (Å²) < 4.78 is 14.0. The van der Waals surface area contributed by atoms with Gasteiger partial charge in [-0.15, -0.1) is 0 Å². The van der Waals surface area contributed by atoms with E-state index in [9.17, 15) is 19.1 Å². The highest BCUT2D eigenvalue weighted by molar-refractivity contribution is 6.01. The Morgan fingerprint density at radius 1 is 1.58 bits per heavy atom. The van der Waals surface area contributed by atoms with E-state index in [-0.39, 0.29) is 17.8 Å². The Bertz CT molecular complexity index is 601. The molecule has 0 fully saturated rings. The summed E-state index contributed by atoms with van der Waals surface area (Å²) in [5, 5.41) is 18.4. The van der Waals surface area contributed by atoms with Crippen molar-refractivity contribution in [2.45, 2.75) is 13.1 Å². The summed E-state index contributed by atoms with van der Waals surface area (Å²) in [4.78, 5) is 22.5. The van der Waals surface area contributed by atoms with Crippen LogP contribution in [0.25, 0.3) is 0 Å². The Hall–Kier alpha value is -2.37. The van der Waals surface area contributed by atoms with Crippen molar-refractivity contribution in [2.75, 3.05) is 0 Å². The number of ketones is 1. The molecule has 1 aromatic heterocycles. The zero-order chi connectivity index (χ0) is 14.6. The van der Waals surface area contributed by atoms with Gasteiger partial charge in [0.05, 0.1) is 11.4 Å². The smallest absolute Gasteiger partial charge is 0.223 e. The van der Waals surface area contributed by atoms with Crippen molar-refractivity contribution in [1.82, 2.24) is 4.57 Å². The predicted octanol–water partition coefficient (Wildman–Crippen LogP) is 1.30. The highest BCUT2D eigenvalue weighted by atomic mass is 19.1. The van der Waals surface area contributed by atoms with Crippen molar-refractivity contribution < 1.29 is 19.4 Å². The molecule has 1 rings (SSSR count). The van der Waals surface area contributed by atoms with Crippen LogP contribution in [-0.4, -0.2) is 20.6 Å². The number of aliphatic hydroxyl groups is 1. The van der Waals surface area contributed by atoms with Crippen LogP contribution >= 0.6 is 0 Å². The minimum atomic E-state index is -0.838. The number of rotatable bonds is 5. The number of aromatic nitrogens is 1. The minimum absolute atomic E-state index is 0.0461. The molecule has 1 heterocycles. The molecule has 0 spiro atoms. The maximum atomic E-state index is 12.7. The lowest BCUT2D eigenvalue weighted by Crippen LogP contribution is -2.14. The number of nitrogens with zero attached hydrogens (tertiary/aromatic N) is 1. The van der Waals surface area contributed by atoms with E-state index in [1.165, 1.54) is 17.7 Å². The van der Waals surface area contributed by atoms with E-state index in [0.29, 0.717) is 0 Å². The molecule has 0 aliphatic carbocycles. The van der Waals surface area contributed by atoms with Crippen LogP contribution in [0.1, 0.15) is 11.4 Å². The van der Waals surface area contributed by atoms with Crippen LogP contribution in [0.3, 0.4) is 0 Å². The number of aliphatic hydroxyl groups excluding tert-OH is 1. The molecule has 19 heavy (non-hydrogen) atoms. The van der Waals surface area contributed by atoms with Gasteiger partial charge in [-0.05, 0) is 6.08 Å². The topological polar surface area (TPSA) is 79.5 Å². The lowest BCUT2D eigenvalue weighted by Gasteiger charge is -2.12. The first kappa shape index (κ1) is 14.7. The molecule has 0 unspecified atom stereocenters. The molecule has 0 atom stereocenters. The first-order valence-corrected chi connectivity index (χ1v) is 5.44. The summed E-state index contributed by atoms with van der Waals surface area (Å²) in [6.45, 7) is 2.22. The second-order valence-electron chi connectivity index (χ2n) is 3.91. The normalized spacial score (nSPS) is 10.8. The molecular weight excluding hydrogens is 253 g/mol. The van der Waals surface area contributed by atoms with Crippen molar-refractivity contribution in [3.05, 3.63) is 52.2 Å². The number of pyridine rings is 1. The van der Waals surface area contributed by atoms with Crippen LogP contribution < -0.4 is 5.43 Å². The van der Waals surface area contributed by atoms with Crippen LogP contribution in [0.15, 0.2) is 35.4 Å². The van der Waals surface area contributed by atoms with E-state index in [0.717, 1.165) is 12.1 Å². The molecule has 1 aromatic rings. The lowest BCUT2D eigenvalue weighted by molar-refractivity contribution is -0.113. The molecule has 0 saturated carbocycles. The van der Waals surface area contributed by atoms with E-state index in [4.69, 9.17) is 5.11 Å². The van der Waals surface area contributed by atoms with E-state index >= 15 is 0 Å². The zero-order valence-electron chi connectivity index (χ0n) is 10.4. The quantitative estimate of drug-likeness (QED) is 0.622. The van der Waals surface area contributed by atoms with Gasteiger partial charge in [0.1, 0.15) is 6.67 Å². The van der Waals surface area contributed by atoms with Crippen molar-refractivity contribution in [3.8, 4) is 5.75 Å². The van der Waals surface area contributed by atoms with Gasteiger partial charge in [0.2, 0.25) is 11.2 Å². The third-order valence-electron chi connectivity index (χ3n) is 2.64. The second kappa shape index (κ2) is 5.99. The highest BCUT2D eigenvalue weighted by Gasteiger charge is 2.11. The molecule has 0 aliphatic rings. The number of alkyl halides is 1. The van der Waals surface area contributed by atoms with Gasteiger partial charge in [-0.1, -0.05) is 12.7 Å². The van der Waals surface area contributed by atoms with Gasteiger partial charge < -0.3 is 14.8 Å². The predicted molar refractivity (Wildman–Crippen MR) is 67.8 cm³/mol. The van der Waals surface area contributed by atoms with Crippen molar-refractivity contribution in [1.29, 1.82) is 0 Å². The first-order chi connectivity index (χ1) is 8.88. The van der Waals surface area contributed by atoms with Gasteiger partial charge in [-0.2, -0.15) is 0 Å². The van der Waals surface area contributed by atoms with Gasteiger partial charge in [0.15, 0.2) is 11.5 Å². The second-order valence-corrected chi connectivity index (χ2v) is 3.91. The molecule has 0 aromatic carbocycles. The fraction of sp³-hybridized carbons (Fsp3) is 0.231. The first-order valence-electron chi connectivity index (χ1n) is 5.44. The largest absolute Gasteiger partial charge is 0.505 e. The Morgan fingerprint density at radius 2 is 2.21 bits per heavy atom. The average Bonchev–Trinajstić information content (AvgIpc) is 2.37. The van der Waals surface area contributed by atoms with Gasteiger partial charge in [-0.25, -0.2) is 4.39 Å². The van der Waals surface area contributed by atoms with E-state index in [2.05, 4.69) is 6.58 Å². The summed E-state index contributed by atoms with van der Waals surface area (Å²) in [7, 11) is 1.50. The summed E-state index contributed by atoms with van der Waals surface area (Å²) in [6.07, 6.45) is 2.46. The third-order valence-corrected chi connectivity index (χ3v) is 2.64. The summed E-state index contributed by atoms with van der Waals surface area (Å²) in [6, 6.07) is 1.02. The fourth-order valence-electron chi connectivity index (χ4n) is 1.53. The number of carbonyl (C=O) groups is 1. The van der Waals surface area contributed by atoms with Gasteiger partial charge >= 0.3 is 0 Å². The monoisotopic (exact) mass is 267 g/mol. The molecular formula is C13H14FNO4. The van der Waals surface area contributed by atoms with E-state index in [1.807, 2.05) is 0 Å². The molecule has 0 aliphatic heterocycles. The Labute approximate surface area is 108 Å². The van der Waals surface area contributed by atoms with Crippen LogP contribution in [0.5, 0.6) is 5.75 Å². The average molecular weight is 267 g/mol. The number of hydrogen-bond acceptors (Lipinski definition) is 4. The molecule has 6 heteroatoms. The van der Waals surface area contributed by atoms with Crippen LogP contribution in [0, 0.1) is 0 Å². The molecule has 102 valence electrons. The van der Waals surface area contributed by atoms with Crippen molar-refractivity contribution in [2.24, 2.45) is 7.05 Å². The van der Waals surface area contributed by atoms with Crippen LogP contribution in [0.4, 0.5) is 4.39 Å². The van der Waals surface area contributed by atoms with E-state index in [1.54, 1.807) is 0 Å². The highest BCUT2D eigenvalue weighted by Crippen LogP contribution is 2.15.